The smallest absolute Gasteiger partial charge is 0.162 e. The Labute approximate surface area is 249 Å². The Morgan fingerprint density at radius 2 is 1.19 bits per heavy atom. The molecule has 0 bridgehead atoms. The first-order chi connectivity index (χ1) is 21.2. The third-order valence-corrected chi connectivity index (χ3v) is 8.08. The molecule has 0 amide bonds. The minimum atomic E-state index is 0.696. The third-order valence-electron chi connectivity index (χ3n) is 8.08. The summed E-state index contributed by atoms with van der Waals surface area (Å²) in [6.45, 7) is 2.15. The molecule has 204 valence electrons. The van der Waals surface area contributed by atoms with Gasteiger partial charge in [0.25, 0.3) is 0 Å². The first-order valence-corrected chi connectivity index (χ1v) is 14.5. The Bertz CT molecular complexity index is 2240. The highest BCUT2D eigenvalue weighted by molar-refractivity contribution is 6.21. The van der Waals surface area contributed by atoms with Gasteiger partial charge in [-0.05, 0) is 30.2 Å². The predicted molar refractivity (Wildman–Crippen MR) is 178 cm³/mol. The van der Waals surface area contributed by atoms with Gasteiger partial charge in [0.05, 0.1) is 16.9 Å². The molecule has 0 atom stereocenters. The molecular weight excluding hydrogens is 526 g/mol. The van der Waals surface area contributed by atoms with Gasteiger partial charge in [-0.25, -0.2) is 15.0 Å². The number of allylic oxidation sites excluding steroid dienone is 1. The van der Waals surface area contributed by atoms with E-state index in [-0.39, 0.29) is 0 Å². The van der Waals surface area contributed by atoms with E-state index in [1.54, 1.807) is 0 Å². The molecule has 7 aromatic rings. The van der Waals surface area contributed by atoms with Crippen LogP contribution in [0.25, 0.3) is 49.8 Å². The molecule has 5 aromatic carbocycles. The van der Waals surface area contributed by atoms with Crippen LogP contribution < -0.4 is 0 Å². The summed E-state index contributed by atoms with van der Waals surface area (Å²) in [6, 6.07) is 45.6. The van der Waals surface area contributed by atoms with Gasteiger partial charge in [0, 0.05) is 39.3 Å². The second-order valence-electron chi connectivity index (χ2n) is 10.9. The average Bonchev–Trinajstić information content (AvgIpc) is 3.37. The summed E-state index contributed by atoms with van der Waals surface area (Å²) in [4.78, 5) is 15.4. The molecule has 0 saturated heterocycles. The molecule has 2 aromatic heterocycles. The first-order valence-electron chi connectivity index (χ1n) is 14.5. The van der Waals surface area contributed by atoms with E-state index in [1.807, 2.05) is 30.3 Å². The lowest BCUT2D eigenvalue weighted by atomic mass is 9.99. The number of pyridine rings is 1. The van der Waals surface area contributed by atoms with E-state index in [1.165, 1.54) is 5.57 Å². The second-order valence-corrected chi connectivity index (χ2v) is 10.9. The van der Waals surface area contributed by atoms with E-state index >= 15 is 0 Å². The number of nitrogens with zero attached hydrogens (tertiary/aromatic N) is 3. The lowest BCUT2D eigenvalue weighted by Gasteiger charge is -2.08. The maximum Gasteiger partial charge on any atom is 0.162 e. The zero-order valence-corrected chi connectivity index (χ0v) is 23.7. The molecule has 3 heterocycles. The van der Waals surface area contributed by atoms with Crippen LogP contribution in [-0.4, -0.2) is 16.5 Å². The van der Waals surface area contributed by atoms with E-state index in [4.69, 9.17) is 19.4 Å². The number of hydrogen-bond acceptors (Lipinski definition) is 4. The number of para-hydroxylation sites is 2. The van der Waals surface area contributed by atoms with E-state index in [0.717, 1.165) is 78.6 Å². The van der Waals surface area contributed by atoms with Crippen LogP contribution in [0.5, 0.6) is 0 Å². The van der Waals surface area contributed by atoms with Crippen molar-refractivity contribution < 1.29 is 4.42 Å². The van der Waals surface area contributed by atoms with Crippen molar-refractivity contribution in [2.75, 3.05) is 0 Å². The van der Waals surface area contributed by atoms with Crippen LogP contribution >= 0.6 is 0 Å². The lowest BCUT2D eigenvalue weighted by molar-refractivity contribution is 0.669. The third kappa shape index (κ3) is 4.45. The molecule has 0 spiro atoms. The van der Waals surface area contributed by atoms with E-state index in [2.05, 4.69) is 110 Å². The van der Waals surface area contributed by atoms with Gasteiger partial charge in [-0.15, -0.1) is 0 Å². The summed E-state index contributed by atoms with van der Waals surface area (Å²) in [5, 5.41) is 3.29. The Kier molecular flexibility index (Phi) is 6.04. The minimum Gasteiger partial charge on any atom is -0.454 e. The molecule has 8 rings (SSSR count). The summed E-state index contributed by atoms with van der Waals surface area (Å²) in [5.41, 5.74) is 10.7. The maximum atomic E-state index is 6.43. The Hall–Kier alpha value is -5.61. The van der Waals surface area contributed by atoms with Crippen molar-refractivity contribution in [1.29, 1.82) is 0 Å². The maximum absolute atomic E-state index is 6.43. The van der Waals surface area contributed by atoms with Gasteiger partial charge in [0.1, 0.15) is 11.3 Å². The molecular formula is C39H27N3O. The monoisotopic (exact) mass is 553 g/mol. The van der Waals surface area contributed by atoms with Gasteiger partial charge >= 0.3 is 0 Å². The molecule has 4 nitrogen and oxygen atoms in total. The standard InChI is InChI=1S/C39H27N3O/c1-25-24-33(26-12-4-2-5-13-26)41-39(42-36(25)27-14-6-3-7-15-27)29-22-20-28(21-23-29)37-38-35(30-16-8-10-18-32(30)40-37)31-17-9-11-19-34(31)43-38/h2-23H,24H2,1H3. The number of furan rings is 1. The van der Waals surface area contributed by atoms with Crippen LogP contribution in [0.1, 0.15) is 30.0 Å². The fourth-order valence-electron chi connectivity index (χ4n) is 5.97. The zero-order valence-electron chi connectivity index (χ0n) is 23.7. The van der Waals surface area contributed by atoms with Crippen molar-refractivity contribution in [3.63, 3.8) is 0 Å². The molecule has 0 unspecified atom stereocenters. The van der Waals surface area contributed by atoms with E-state index < -0.39 is 0 Å². The molecule has 1 aliphatic heterocycles. The van der Waals surface area contributed by atoms with E-state index in [0.29, 0.717) is 5.84 Å². The minimum absolute atomic E-state index is 0.696. The summed E-state index contributed by atoms with van der Waals surface area (Å²) < 4.78 is 6.43. The first kappa shape index (κ1) is 25.1. The molecule has 0 saturated carbocycles. The van der Waals surface area contributed by atoms with Crippen molar-refractivity contribution in [2.24, 2.45) is 9.98 Å². The quantitative estimate of drug-likeness (QED) is 0.218. The SMILES string of the molecule is CC1=C(c2ccccc2)N=C(c2ccc(-c3nc4ccccc4c4c3oc3ccccc34)cc2)N=C(c2ccccc2)C1. The highest BCUT2D eigenvalue weighted by atomic mass is 16.3. The number of rotatable bonds is 4. The van der Waals surface area contributed by atoms with Gasteiger partial charge in [-0.2, -0.15) is 0 Å². The van der Waals surface area contributed by atoms with Gasteiger partial charge in [0.2, 0.25) is 0 Å². The number of benzene rings is 5. The van der Waals surface area contributed by atoms with E-state index in [9.17, 15) is 0 Å². The molecule has 0 radical (unpaired) electrons. The van der Waals surface area contributed by atoms with Crippen LogP contribution in [0.3, 0.4) is 0 Å². The fourth-order valence-corrected chi connectivity index (χ4v) is 5.97. The van der Waals surface area contributed by atoms with Crippen LogP contribution in [0.2, 0.25) is 0 Å². The molecule has 0 aliphatic carbocycles. The second kappa shape index (κ2) is 10.3. The summed E-state index contributed by atoms with van der Waals surface area (Å²) >= 11 is 0. The summed E-state index contributed by atoms with van der Waals surface area (Å²) in [6.07, 6.45) is 0.727. The van der Waals surface area contributed by atoms with Gasteiger partial charge in [-0.3, -0.25) is 0 Å². The molecule has 43 heavy (non-hydrogen) atoms. The molecule has 4 heteroatoms. The van der Waals surface area contributed by atoms with Crippen LogP contribution in [0.4, 0.5) is 0 Å². The number of amidine groups is 1. The Morgan fingerprint density at radius 3 is 1.95 bits per heavy atom. The zero-order chi connectivity index (χ0) is 28.8. The highest BCUT2D eigenvalue weighted by Crippen LogP contribution is 2.39. The molecule has 0 N–H and O–H groups in total. The normalized spacial score (nSPS) is 13.8. The van der Waals surface area contributed by atoms with Gasteiger partial charge in [-0.1, -0.05) is 121 Å². The van der Waals surface area contributed by atoms with Crippen LogP contribution in [0, 0.1) is 0 Å². The molecule has 1 aliphatic rings. The summed E-state index contributed by atoms with van der Waals surface area (Å²) in [7, 11) is 0. The number of aromatic nitrogens is 1. The van der Waals surface area contributed by atoms with Crippen molar-refractivity contribution in [1.82, 2.24) is 4.98 Å². The summed E-state index contributed by atoms with van der Waals surface area (Å²) in [5.74, 6) is 0.696. The highest BCUT2D eigenvalue weighted by Gasteiger charge is 2.20. The van der Waals surface area contributed by atoms with Crippen molar-refractivity contribution >= 4 is 50.1 Å². The topological polar surface area (TPSA) is 50.8 Å². The van der Waals surface area contributed by atoms with Gasteiger partial charge < -0.3 is 4.42 Å². The molecule has 0 fully saturated rings. The lowest BCUT2D eigenvalue weighted by Crippen LogP contribution is -2.05. The van der Waals surface area contributed by atoms with Crippen molar-refractivity contribution in [3.8, 4) is 11.3 Å². The Balaban J connectivity index is 1.28. The average molecular weight is 554 g/mol. The number of aliphatic imine (C=N–C) groups is 2. The van der Waals surface area contributed by atoms with Gasteiger partial charge in [0.15, 0.2) is 11.4 Å². The van der Waals surface area contributed by atoms with Crippen molar-refractivity contribution in [3.05, 3.63) is 156 Å². The Morgan fingerprint density at radius 1 is 0.558 bits per heavy atom. The van der Waals surface area contributed by atoms with Crippen molar-refractivity contribution in [2.45, 2.75) is 13.3 Å². The largest absolute Gasteiger partial charge is 0.454 e. The predicted octanol–water partition coefficient (Wildman–Crippen LogP) is 9.87. The number of fused-ring (bicyclic) bond motifs is 5. The van der Waals surface area contributed by atoms with Crippen LogP contribution in [-0.2, 0) is 0 Å². The fraction of sp³-hybridized carbons (Fsp3) is 0.0513. The number of hydrogen-bond donors (Lipinski definition) is 0. The van der Waals surface area contributed by atoms with Crippen LogP contribution in [0.15, 0.2) is 153 Å².